The Morgan fingerprint density at radius 3 is 1.34 bits per heavy atom. The molecule has 4 heterocycles. The number of ether oxygens (including phenoxy) is 1. The van der Waals surface area contributed by atoms with Gasteiger partial charge in [0.25, 0.3) is 0 Å². The molecule has 2 aliphatic rings. The number of primary amides is 2. The number of imidazole rings is 1. The molecule has 2 aromatic heterocycles. The third kappa shape index (κ3) is 61.5. The molecule has 0 aliphatic carbocycles. The van der Waals surface area contributed by atoms with Gasteiger partial charge in [0.15, 0.2) is 0 Å². The third-order valence-corrected chi connectivity index (χ3v) is 17.3. The lowest BCUT2D eigenvalue weighted by Gasteiger charge is -2.16. The van der Waals surface area contributed by atoms with Crippen LogP contribution >= 0.6 is 24.0 Å². The smallest absolute Gasteiger partial charge is 0.323 e. The Labute approximate surface area is 714 Å². The molecule has 37 N–H and O–H groups in total. The summed E-state index contributed by atoms with van der Waals surface area (Å²) in [6, 6.07) is 18.9. The van der Waals surface area contributed by atoms with Gasteiger partial charge in [-0.3, -0.25) is 67.1 Å². The fourth-order valence-corrected chi connectivity index (χ4v) is 9.86. The summed E-state index contributed by atoms with van der Waals surface area (Å²) < 4.78 is 6.81. The molecule has 13 atom stereocenters. The number of carbonyl (C=O) groups is 14. The molecule has 2 fully saturated rings. The standard InChI is InChI=1S/C12H15NO3.C11H11NO2S.C9H11NO2.C7H15NO2.C6H9N3O2.C6H11NO2.C6H13NO2.C5H10N2O3.C4H8N2O3.C4H9NO3.C3H7NO2S.C3H7NO2/c14-12(15)11-6-10(7-13-11)16-8-9-4-2-1-3-5-9;12-9(11(13)14)5-7-6-15-10-4-2-1-3-8(7)10;10-8(9(11)12)6-7-4-2-1-3-5-7;1-5(2)4-6(8-3)7(9)10;7-5(6(10)11)1-4-2-8-3-9-4;1-6(5(8)9)3-2-4-7-6;1-4(2)5(7-3)6(8)9;6-3(5(9)10)1-2-4(7)8;5-2(4(8)9)1-3(6)7;1-5-3(2-6)4(7)8;4-2(1-7)3(5)6;1-2(4)3(5)6/h1-5,10-11,13H,6-8H2,(H,14,15);1-4,6,9H,5,12H2,(H,13,14);1-5,8H,6,10H2,(H,11,12);5-6,8H,4H2,1-3H3,(H,9,10);2-3,5H,1,7H2,(H,8,9)(H,10,11);7H,2-4H2,1H3,(H,8,9);4-5,7H,1-3H3,(H,8,9);3H,1-2,6H2,(H2,7,8)(H,9,10);2H,1,5H2,(H2,6,7)(H,8,9);3,5-6H,2H2,1H3,(H,7,8);2,7H,1,4H2,(H,5,6);2H,4H2,1H3,(H,5,6)/t10-,11-;9-;8-;6-;5-;6-;5-;3-;2-;3-;2*2-/m001010011011/s1. The van der Waals surface area contributed by atoms with Gasteiger partial charge >= 0.3 is 71.6 Å². The second kappa shape index (κ2) is 68.8. The number of thiophene rings is 1. The lowest BCUT2D eigenvalue weighted by Crippen LogP contribution is -2.44. The Hall–Kier alpha value is -10.8. The van der Waals surface area contributed by atoms with E-state index in [9.17, 15) is 67.1 Å². The summed E-state index contributed by atoms with van der Waals surface area (Å²) in [4.78, 5) is 149. The van der Waals surface area contributed by atoms with Crippen LogP contribution in [-0.4, -0.2) is 284 Å². The highest BCUT2D eigenvalue weighted by Crippen LogP contribution is 2.26. The van der Waals surface area contributed by atoms with Crippen LogP contribution in [0.15, 0.2) is 103 Å². The molecule has 3 aromatic carbocycles. The molecule has 5 aromatic rings. The van der Waals surface area contributed by atoms with Gasteiger partial charge in [-0.1, -0.05) is 107 Å². The summed E-state index contributed by atoms with van der Waals surface area (Å²) in [5.41, 5.74) is 48.4. The molecule has 0 radical (unpaired) electrons. The van der Waals surface area contributed by atoms with Crippen molar-refractivity contribution >= 4 is 117 Å². The number of hydrogen-bond acceptors (Lipinski definition) is 31. The number of fused-ring (bicyclic) bond motifs is 1. The van der Waals surface area contributed by atoms with Crippen molar-refractivity contribution in [2.45, 2.75) is 190 Å². The highest BCUT2D eigenvalue weighted by molar-refractivity contribution is 7.80. The molecular weight excluding hydrogens is 1650 g/mol. The number of aliphatic hydroxyl groups excluding tert-OH is 1. The van der Waals surface area contributed by atoms with Crippen molar-refractivity contribution in [3.05, 3.63) is 125 Å². The van der Waals surface area contributed by atoms with E-state index in [-0.39, 0.29) is 56.1 Å². The van der Waals surface area contributed by atoms with Gasteiger partial charge in [-0.25, -0.2) is 4.98 Å². The maximum absolute atomic E-state index is 10.7. The van der Waals surface area contributed by atoms with Crippen LogP contribution in [0.5, 0.6) is 0 Å². The van der Waals surface area contributed by atoms with Gasteiger partial charge in [-0.2, -0.15) is 12.6 Å². The first-order chi connectivity index (χ1) is 56.8. The summed E-state index contributed by atoms with van der Waals surface area (Å²) >= 11 is 5.27. The molecule has 46 heteroatoms. The van der Waals surface area contributed by atoms with Crippen LogP contribution in [-0.2, 0) is 97.7 Å². The number of benzene rings is 3. The number of nitrogens with one attached hydrogen (secondary N) is 6. The lowest BCUT2D eigenvalue weighted by atomic mass is 10.0. The van der Waals surface area contributed by atoms with Gasteiger partial charge in [0.05, 0.1) is 32.1 Å². The molecule has 0 unspecified atom stereocenters. The van der Waals surface area contributed by atoms with E-state index < -0.39 is 149 Å². The van der Waals surface area contributed by atoms with E-state index in [2.05, 4.69) is 54.9 Å². The van der Waals surface area contributed by atoms with Crippen LogP contribution in [0.4, 0.5) is 0 Å². The minimum Gasteiger partial charge on any atom is -0.480 e. The Morgan fingerprint density at radius 2 is 1.04 bits per heavy atom. The topological polar surface area (TPSA) is 834 Å². The summed E-state index contributed by atoms with van der Waals surface area (Å²) in [5, 5.41) is 125. The van der Waals surface area contributed by atoms with Crippen molar-refractivity contribution in [1.82, 2.24) is 36.6 Å². The number of rotatable bonds is 34. The van der Waals surface area contributed by atoms with E-state index in [1.54, 1.807) is 38.6 Å². The van der Waals surface area contributed by atoms with Gasteiger partial charge in [0.1, 0.15) is 72.0 Å². The molecule has 44 nitrogen and oxygen atoms in total. The molecular formula is C76H126N16O28S2. The number of likely N-dealkylation sites (N-methyl/N-ethyl adjacent to an activating group) is 3. The average molecular weight is 1780 g/mol. The monoisotopic (exact) mass is 1770 g/mol. The Balaban J connectivity index is -0.000000412. The highest BCUT2D eigenvalue weighted by Gasteiger charge is 2.35. The predicted octanol–water partition coefficient (Wildman–Crippen LogP) is -1.55. The summed E-state index contributed by atoms with van der Waals surface area (Å²) in [6.45, 7) is 12.5. The number of H-pyrrole nitrogens is 1. The van der Waals surface area contributed by atoms with E-state index >= 15 is 0 Å². The molecule has 122 heavy (non-hydrogen) atoms. The van der Waals surface area contributed by atoms with E-state index in [4.69, 9.17) is 117 Å². The van der Waals surface area contributed by atoms with E-state index in [1.165, 1.54) is 25.0 Å². The van der Waals surface area contributed by atoms with Crippen molar-refractivity contribution in [2.24, 2.45) is 63.4 Å². The van der Waals surface area contributed by atoms with Crippen molar-refractivity contribution in [3.63, 3.8) is 0 Å². The van der Waals surface area contributed by atoms with Gasteiger partial charge in [-0.15, -0.1) is 11.3 Å². The van der Waals surface area contributed by atoms with E-state index in [1.807, 2.05) is 118 Å². The molecule has 690 valence electrons. The molecule has 2 aliphatic heterocycles. The third-order valence-electron chi connectivity index (χ3n) is 15.9. The number of hydrogen-bond donors (Lipinski definition) is 29. The number of aromatic nitrogens is 2. The van der Waals surface area contributed by atoms with Gasteiger partial charge in [0.2, 0.25) is 11.8 Å². The van der Waals surface area contributed by atoms with Crippen LogP contribution in [0, 0.1) is 11.8 Å². The van der Waals surface area contributed by atoms with Crippen molar-refractivity contribution < 1.29 is 138 Å². The Kier molecular flexibility index (Phi) is 67.5. The number of thiol groups is 1. The second-order valence-electron chi connectivity index (χ2n) is 27.2. The zero-order valence-corrected chi connectivity index (χ0v) is 71.2. The number of aromatic amines is 1. The van der Waals surface area contributed by atoms with Crippen LogP contribution < -0.4 is 78.2 Å². The van der Waals surface area contributed by atoms with Crippen LogP contribution in [0.3, 0.4) is 0 Å². The second-order valence-corrected chi connectivity index (χ2v) is 28.5. The zero-order valence-electron chi connectivity index (χ0n) is 69.4. The van der Waals surface area contributed by atoms with Crippen molar-refractivity contribution in [1.29, 1.82) is 0 Å². The predicted molar refractivity (Wildman–Crippen MR) is 454 cm³/mol. The number of amides is 2. The molecule has 0 bridgehead atoms. The average Bonchev–Trinajstić information content (AvgIpc) is 1.69. The van der Waals surface area contributed by atoms with Crippen molar-refractivity contribution in [3.8, 4) is 0 Å². The minimum absolute atomic E-state index is 0.00121. The molecule has 2 saturated heterocycles. The lowest BCUT2D eigenvalue weighted by molar-refractivity contribution is -0.144. The normalized spacial score (nSPS) is 16.1. The number of carbonyl (C=O) groups excluding carboxylic acids is 2. The van der Waals surface area contributed by atoms with Crippen molar-refractivity contribution in [2.75, 3.05) is 46.6 Å². The minimum atomic E-state index is -1.21. The van der Waals surface area contributed by atoms with Gasteiger partial charge in [-0.05, 0) is 125 Å². The first-order valence-corrected chi connectivity index (χ1v) is 38.7. The Bertz CT molecular complexity index is 3830. The van der Waals surface area contributed by atoms with E-state index in [0.717, 1.165) is 47.2 Å². The molecule has 7 rings (SSSR count). The SMILES string of the molecule is CN[C@@H](CC(C)C)C(=O)O.CN[C@@H](CO)C(=O)O.CN[C@H](C(=O)O)C(C)C.C[C@@H](N)C(=O)O.C[C@@]1(C(=O)O)CCCN1.NC(=O)CC[C@@H](N)C(=O)O.NC(=O)C[C@@H](N)C(=O)O.N[C@@H](Cc1csc2ccccc12)C(=O)O.N[C@H](CS)C(=O)O.N[C@H](Cc1ccccc1)C(=O)O.N[C@H](Cc1cnc[nH]1)C(=O)O.O=C(O)[C@@H]1C[C@H](OCc2ccccc2)CN1. The maximum atomic E-state index is 10.7. The largest absolute Gasteiger partial charge is 0.480 e. The first kappa shape index (κ1) is 120. The van der Waals surface area contributed by atoms with Gasteiger partial charge < -0.3 is 154 Å². The fourth-order valence-electron chi connectivity index (χ4n) is 8.73. The highest BCUT2D eigenvalue weighted by atomic mass is 32.1. The zero-order chi connectivity index (χ0) is 95.1. The molecule has 0 saturated carbocycles. The van der Waals surface area contributed by atoms with Crippen LogP contribution in [0.1, 0.15) is 109 Å². The first-order valence-electron chi connectivity index (χ1n) is 37.2. The molecule has 2 amide bonds. The summed E-state index contributed by atoms with van der Waals surface area (Å²) in [7, 11) is 4.80. The fraction of sp³-hybridized carbons (Fsp3) is 0.513. The number of aliphatic carboxylic acids is 12. The number of aliphatic hydroxyl groups is 1. The van der Waals surface area contributed by atoms with Crippen LogP contribution in [0.2, 0.25) is 0 Å². The summed E-state index contributed by atoms with van der Waals surface area (Å²) in [5.74, 6) is -11.8. The summed E-state index contributed by atoms with van der Waals surface area (Å²) in [6.07, 6.45) is 6.88. The number of carboxylic acids is 12. The van der Waals surface area contributed by atoms with E-state index in [0.29, 0.717) is 44.8 Å². The Morgan fingerprint density at radius 1 is 0.574 bits per heavy atom. The quantitative estimate of drug-likeness (QED) is 0.0207. The molecule has 0 spiro atoms. The maximum Gasteiger partial charge on any atom is 0.323 e. The number of nitrogens with two attached hydrogens (primary N) is 9. The van der Waals surface area contributed by atoms with Gasteiger partial charge in [0, 0.05) is 48.2 Å². The van der Waals surface area contributed by atoms with Crippen LogP contribution in [0.25, 0.3) is 10.1 Å². The number of nitrogens with zero attached hydrogens (tertiary/aromatic N) is 1. The number of carboxylic acid groups (broad SMARTS) is 12.